The minimum atomic E-state index is -3.22. The number of sulfone groups is 1. The number of guanidine groups is 1. The molecule has 0 aliphatic heterocycles. The third kappa shape index (κ3) is 8.57. The van der Waals surface area contributed by atoms with E-state index < -0.39 is 15.7 Å². The van der Waals surface area contributed by atoms with Crippen LogP contribution < -0.4 is 10.6 Å². The predicted octanol–water partition coefficient (Wildman–Crippen LogP) is 2.96. The number of hydrogen-bond acceptors (Lipinski definition) is 4. The average Bonchev–Trinajstić information content (AvgIpc) is 2.66. The van der Waals surface area contributed by atoms with Gasteiger partial charge in [0.25, 0.3) is 0 Å². The number of halogens is 2. The summed E-state index contributed by atoms with van der Waals surface area (Å²) in [7, 11) is 2.47. The van der Waals surface area contributed by atoms with Crippen molar-refractivity contribution in [1.29, 1.82) is 0 Å². The first-order chi connectivity index (χ1) is 13.7. The summed E-state index contributed by atoms with van der Waals surface area (Å²) >= 11 is 0. The number of aliphatic imine (C=N–C) groups is 1. The van der Waals surface area contributed by atoms with Gasteiger partial charge in [-0.25, -0.2) is 12.8 Å². The molecule has 0 aliphatic carbocycles. The highest BCUT2D eigenvalue weighted by Gasteiger charge is 2.15. The number of nitrogens with one attached hydrogen (secondary N) is 2. The van der Waals surface area contributed by atoms with Gasteiger partial charge in [0.2, 0.25) is 0 Å². The first-order valence-corrected chi connectivity index (χ1v) is 11.4. The Morgan fingerprint density at radius 3 is 2.33 bits per heavy atom. The van der Waals surface area contributed by atoms with Crippen LogP contribution in [0.15, 0.2) is 53.5 Å². The third-order valence-corrected chi connectivity index (χ3v) is 5.36. The molecule has 0 bridgehead atoms. The van der Waals surface area contributed by atoms with Crippen LogP contribution in [0.5, 0.6) is 0 Å². The second-order valence-electron chi connectivity index (χ2n) is 7.18. The summed E-state index contributed by atoms with van der Waals surface area (Å²) in [4.78, 5) is 6.34. The molecule has 1 unspecified atom stereocenters. The van der Waals surface area contributed by atoms with E-state index in [1.54, 1.807) is 7.05 Å². The lowest BCUT2D eigenvalue weighted by Crippen LogP contribution is -2.41. The summed E-state index contributed by atoms with van der Waals surface area (Å²) in [5.74, 6) is 0.0219. The summed E-state index contributed by atoms with van der Waals surface area (Å²) in [6.07, 6.45) is 1.17. The van der Waals surface area contributed by atoms with E-state index in [4.69, 9.17) is 0 Å². The van der Waals surface area contributed by atoms with Crippen molar-refractivity contribution >= 4 is 39.8 Å². The van der Waals surface area contributed by atoms with Gasteiger partial charge in [0.05, 0.1) is 11.8 Å². The van der Waals surface area contributed by atoms with E-state index in [1.807, 2.05) is 32.3 Å². The molecule has 166 valence electrons. The maximum Gasteiger partial charge on any atom is 0.191 e. The van der Waals surface area contributed by atoms with Gasteiger partial charge in [0, 0.05) is 26.4 Å². The van der Waals surface area contributed by atoms with Crippen LogP contribution in [0.4, 0.5) is 4.39 Å². The summed E-state index contributed by atoms with van der Waals surface area (Å²) < 4.78 is 37.0. The first-order valence-electron chi connectivity index (χ1n) is 9.30. The molecule has 2 rings (SSSR count). The summed E-state index contributed by atoms with van der Waals surface area (Å²) in [6, 6.07) is 14.4. The van der Waals surface area contributed by atoms with Crippen LogP contribution in [0.2, 0.25) is 0 Å². The molecule has 1 atom stereocenters. The minimum absolute atomic E-state index is 0. The molecule has 0 aromatic heterocycles. The molecule has 0 spiro atoms. The van der Waals surface area contributed by atoms with Gasteiger partial charge in [-0.15, -0.1) is 24.0 Å². The maximum absolute atomic E-state index is 13.7. The summed E-state index contributed by atoms with van der Waals surface area (Å²) in [6.45, 7) is 0.885. The number of likely N-dealkylation sites (N-methyl/N-ethyl adjacent to an activating group) is 1. The van der Waals surface area contributed by atoms with Gasteiger partial charge in [-0.3, -0.25) is 4.99 Å². The van der Waals surface area contributed by atoms with Gasteiger partial charge in [-0.05, 0) is 42.9 Å². The van der Waals surface area contributed by atoms with E-state index in [0.717, 1.165) is 0 Å². The Hall–Kier alpha value is -1.72. The lowest BCUT2D eigenvalue weighted by Gasteiger charge is -2.26. The Bertz CT molecular complexity index is 937. The quantitative estimate of drug-likeness (QED) is 0.302. The Kier molecular flexibility index (Phi) is 10.7. The van der Waals surface area contributed by atoms with Gasteiger partial charge < -0.3 is 15.5 Å². The van der Waals surface area contributed by atoms with E-state index >= 15 is 0 Å². The molecule has 0 saturated carbocycles. The number of benzene rings is 2. The Labute approximate surface area is 195 Å². The zero-order chi connectivity index (χ0) is 21.4. The fraction of sp³-hybridized carbons (Fsp3) is 0.381. The van der Waals surface area contributed by atoms with Gasteiger partial charge in [0.15, 0.2) is 15.8 Å². The van der Waals surface area contributed by atoms with Crippen molar-refractivity contribution in [2.24, 2.45) is 4.99 Å². The molecule has 2 aromatic carbocycles. The number of rotatable bonds is 8. The van der Waals surface area contributed by atoms with Gasteiger partial charge in [-0.1, -0.05) is 36.4 Å². The molecule has 0 saturated heterocycles. The second-order valence-corrected chi connectivity index (χ2v) is 9.32. The van der Waals surface area contributed by atoms with Crippen LogP contribution in [-0.2, 0) is 22.1 Å². The van der Waals surface area contributed by atoms with Crippen LogP contribution in [-0.4, -0.2) is 53.2 Å². The van der Waals surface area contributed by atoms with Crippen molar-refractivity contribution in [3.63, 3.8) is 0 Å². The van der Waals surface area contributed by atoms with Crippen LogP contribution in [0.3, 0.4) is 0 Å². The van der Waals surface area contributed by atoms with Gasteiger partial charge >= 0.3 is 0 Å². The van der Waals surface area contributed by atoms with Crippen molar-refractivity contribution in [3.8, 4) is 0 Å². The third-order valence-electron chi connectivity index (χ3n) is 4.53. The lowest BCUT2D eigenvalue weighted by atomic mass is 10.1. The zero-order valence-corrected chi connectivity index (χ0v) is 20.9. The van der Waals surface area contributed by atoms with Crippen molar-refractivity contribution in [1.82, 2.24) is 15.5 Å². The molecule has 2 N–H and O–H groups in total. The fourth-order valence-electron chi connectivity index (χ4n) is 3.05. The van der Waals surface area contributed by atoms with E-state index in [-0.39, 0.29) is 42.3 Å². The molecule has 0 fully saturated rings. The highest BCUT2D eigenvalue weighted by atomic mass is 127. The van der Waals surface area contributed by atoms with E-state index in [1.165, 1.54) is 30.0 Å². The predicted molar refractivity (Wildman–Crippen MR) is 131 cm³/mol. The standard InChI is InChI=1S/C21H29FN4O2S.HI/c1-23-21(25-14-20(26(2)3)16-8-6-5-7-9-16)24-13-18-12-19(22)11-10-17(18)15-29(4,27)28;/h5-12,20H,13-15H2,1-4H3,(H2,23,24,25);1H. The number of hydrogen-bond donors (Lipinski definition) is 2. The summed E-state index contributed by atoms with van der Waals surface area (Å²) in [5.41, 5.74) is 2.35. The zero-order valence-electron chi connectivity index (χ0n) is 17.7. The highest BCUT2D eigenvalue weighted by molar-refractivity contribution is 14.0. The minimum Gasteiger partial charge on any atom is -0.354 e. The van der Waals surface area contributed by atoms with Crippen molar-refractivity contribution < 1.29 is 12.8 Å². The van der Waals surface area contributed by atoms with Crippen LogP contribution in [0.25, 0.3) is 0 Å². The van der Waals surface area contributed by atoms with Crippen molar-refractivity contribution in [2.45, 2.75) is 18.3 Å². The Morgan fingerprint density at radius 1 is 1.10 bits per heavy atom. The van der Waals surface area contributed by atoms with E-state index in [0.29, 0.717) is 23.6 Å². The maximum atomic E-state index is 13.7. The SMILES string of the molecule is CN=C(NCc1cc(F)ccc1CS(C)(=O)=O)NCC(c1ccccc1)N(C)C.I. The lowest BCUT2D eigenvalue weighted by molar-refractivity contribution is 0.298. The largest absolute Gasteiger partial charge is 0.354 e. The molecular formula is C21H30FIN4O2S. The Morgan fingerprint density at radius 2 is 1.77 bits per heavy atom. The summed E-state index contributed by atoms with van der Waals surface area (Å²) in [5, 5.41) is 6.43. The van der Waals surface area contributed by atoms with Crippen molar-refractivity contribution in [3.05, 3.63) is 71.0 Å². The fourth-order valence-corrected chi connectivity index (χ4v) is 3.90. The molecule has 6 nitrogen and oxygen atoms in total. The highest BCUT2D eigenvalue weighted by Crippen LogP contribution is 2.17. The molecule has 0 aliphatic rings. The topological polar surface area (TPSA) is 73.8 Å². The second kappa shape index (κ2) is 12.2. The van der Waals surface area contributed by atoms with Crippen LogP contribution in [0, 0.1) is 5.82 Å². The monoisotopic (exact) mass is 548 g/mol. The number of nitrogens with zero attached hydrogens (tertiary/aromatic N) is 2. The molecular weight excluding hydrogens is 518 g/mol. The van der Waals surface area contributed by atoms with E-state index in [9.17, 15) is 12.8 Å². The normalized spacial score (nSPS) is 12.9. The smallest absolute Gasteiger partial charge is 0.191 e. The van der Waals surface area contributed by atoms with Crippen molar-refractivity contribution in [2.75, 3.05) is 33.9 Å². The first kappa shape index (κ1) is 26.3. The molecule has 0 amide bonds. The van der Waals surface area contributed by atoms with Crippen LogP contribution in [0.1, 0.15) is 22.7 Å². The van der Waals surface area contributed by atoms with Crippen LogP contribution >= 0.6 is 24.0 Å². The molecule has 30 heavy (non-hydrogen) atoms. The molecule has 9 heteroatoms. The molecule has 0 radical (unpaired) electrons. The molecule has 2 aromatic rings. The van der Waals surface area contributed by atoms with Gasteiger partial charge in [-0.2, -0.15) is 0 Å². The Balaban J connectivity index is 0.00000450. The molecule has 0 heterocycles. The average molecular weight is 548 g/mol. The van der Waals surface area contributed by atoms with E-state index in [2.05, 4.69) is 32.7 Å². The van der Waals surface area contributed by atoms with Gasteiger partial charge in [0.1, 0.15) is 5.82 Å².